The number of hydrogen-bond acceptors (Lipinski definition) is 6. The quantitative estimate of drug-likeness (QED) is 0.621. The fraction of sp³-hybridized carbons (Fsp3) is 0.238. The second kappa shape index (κ2) is 8.47. The predicted octanol–water partition coefficient (Wildman–Crippen LogP) is 3.64. The number of methoxy groups -OCH3 is 3. The molecule has 7 heteroatoms. The lowest BCUT2D eigenvalue weighted by molar-refractivity contribution is 0.0782. The summed E-state index contributed by atoms with van der Waals surface area (Å²) in [4.78, 5) is 14.1. The van der Waals surface area contributed by atoms with E-state index in [1.165, 1.54) is 0 Å². The van der Waals surface area contributed by atoms with Gasteiger partial charge in [0, 0.05) is 24.2 Å². The van der Waals surface area contributed by atoms with Crippen LogP contribution in [0, 0.1) is 0 Å². The topological polar surface area (TPSA) is 74.0 Å². The van der Waals surface area contributed by atoms with Gasteiger partial charge < -0.3 is 23.6 Å². The maximum atomic E-state index is 12.5. The highest BCUT2D eigenvalue weighted by Gasteiger charge is 2.18. The smallest absolute Gasteiger partial charge is 0.253 e. The summed E-state index contributed by atoms with van der Waals surface area (Å²) in [7, 11) is 6.38. The van der Waals surface area contributed by atoms with Crippen LogP contribution in [-0.2, 0) is 6.54 Å². The van der Waals surface area contributed by atoms with Gasteiger partial charge in [0.1, 0.15) is 5.69 Å². The average molecular weight is 382 g/mol. The predicted molar refractivity (Wildman–Crippen MR) is 104 cm³/mol. The van der Waals surface area contributed by atoms with Gasteiger partial charge in [-0.3, -0.25) is 4.79 Å². The summed E-state index contributed by atoms with van der Waals surface area (Å²) in [5, 5.41) is 4.08. The summed E-state index contributed by atoms with van der Waals surface area (Å²) in [5.74, 6) is 1.99. The molecule has 2 aromatic carbocycles. The van der Waals surface area contributed by atoms with E-state index in [2.05, 4.69) is 5.16 Å². The van der Waals surface area contributed by atoms with Gasteiger partial charge in [-0.25, -0.2) is 0 Å². The minimum Gasteiger partial charge on any atom is -0.493 e. The number of nitrogens with zero attached hydrogens (tertiary/aromatic N) is 2. The number of ether oxygens (including phenoxy) is 3. The molecule has 3 aromatic rings. The number of rotatable bonds is 7. The third-order valence-corrected chi connectivity index (χ3v) is 4.27. The number of carbonyl (C=O) groups excluding carboxylic acids is 1. The van der Waals surface area contributed by atoms with Gasteiger partial charge in [0.05, 0.1) is 27.9 Å². The van der Waals surface area contributed by atoms with Crippen LogP contribution in [0.4, 0.5) is 0 Å². The van der Waals surface area contributed by atoms with Crippen molar-refractivity contribution in [3.63, 3.8) is 0 Å². The minimum atomic E-state index is -0.0852. The van der Waals surface area contributed by atoms with Gasteiger partial charge in [0.15, 0.2) is 17.3 Å². The Kier molecular flexibility index (Phi) is 5.84. The highest BCUT2D eigenvalue weighted by atomic mass is 16.5. The second-order valence-electron chi connectivity index (χ2n) is 6.12. The number of carbonyl (C=O) groups is 1. The summed E-state index contributed by atoms with van der Waals surface area (Å²) in [6, 6.07) is 14.5. The normalized spacial score (nSPS) is 10.4. The molecule has 0 aliphatic rings. The van der Waals surface area contributed by atoms with Crippen molar-refractivity contribution >= 4 is 5.91 Å². The van der Waals surface area contributed by atoms with Gasteiger partial charge in [-0.05, 0) is 24.3 Å². The van der Waals surface area contributed by atoms with Crippen LogP contribution in [0.1, 0.15) is 16.1 Å². The largest absolute Gasteiger partial charge is 0.493 e. The van der Waals surface area contributed by atoms with E-state index in [9.17, 15) is 4.79 Å². The Hall–Kier alpha value is -3.48. The maximum Gasteiger partial charge on any atom is 0.253 e. The summed E-state index contributed by atoms with van der Waals surface area (Å²) in [6.07, 6.45) is 0. The first-order chi connectivity index (χ1) is 13.6. The molecule has 146 valence electrons. The van der Waals surface area contributed by atoms with E-state index in [0.717, 1.165) is 5.56 Å². The third kappa shape index (κ3) is 3.93. The van der Waals surface area contributed by atoms with Gasteiger partial charge in [-0.2, -0.15) is 0 Å². The maximum absolute atomic E-state index is 12.5. The van der Waals surface area contributed by atoms with Crippen molar-refractivity contribution in [2.75, 3.05) is 28.4 Å². The monoisotopic (exact) mass is 382 g/mol. The first-order valence-corrected chi connectivity index (χ1v) is 8.63. The first-order valence-electron chi connectivity index (χ1n) is 8.63. The molecule has 28 heavy (non-hydrogen) atoms. The number of benzene rings is 2. The molecule has 0 saturated carbocycles. The molecule has 7 nitrogen and oxygen atoms in total. The molecular weight excluding hydrogens is 360 g/mol. The number of amides is 1. The Balaban J connectivity index is 1.81. The minimum absolute atomic E-state index is 0.0852. The van der Waals surface area contributed by atoms with E-state index in [1.807, 2.05) is 18.2 Å². The number of hydrogen-bond donors (Lipinski definition) is 0. The van der Waals surface area contributed by atoms with Crippen molar-refractivity contribution in [2.24, 2.45) is 0 Å². The zero-order valence-electron chi connectivity index (χ0n) is 16.3. The van der Waals surface area contributed by atoms with E-state index in [1.54, 1.807) is 63.6 Å². The molecule has 3 rings (SSSR count). The van der Waals surface area contributed by atoms with Crippen LogP contribution < -0.4 is 14.2 Å². The van der Waals surface area contributed by atoms with Crippen molar-refractivity contribution in [3.05, 3.63) is 59.8 Å². The Labute approximate surface area is 163 Å². The standard InChI is InChI=1S/C21H22N2O5/c1-23(21(24)14-8-6-5-7-9-14)13-16-12-17(28-22-16)15-10-18(25-2)20(27-4)19(11-15)26-3/h5-12H,13H2,1-4H3. The summed E-state index contributed by atoms with van der Waals surface area (Å²) >= 11 is 0. The molecule has 0 saturated heterocycles. The zero-order chi connectivity index (χ0) is 20.1. The van der Waals surface area contributed by atoms with Gasteiger partial charge in [-0.15, -0.1) is 0 Å². The summed E-state index contributed by atoms with van der Waals surface area (Å²) in [5.41, 5.74) is 1.99. The van der Waals surface area contributed by atoms with E-state index < -0.39 is 0 Å². The molecule has 0 fully saturated rings. The first kappa shape index (κ1) is 19.3. The fourth-order valence-electron chi connectivity index (χ4n) is 2.86. The van der Waals surface area contributed by atoms with Crippen LogP contribution in [0.3, 0.4) is 0 Å². The summed E-state index contributed by atoms with van der Waals surface area (Å²) in [6.45, 7) is 0.321. The summed E-state index contributed by atoms with van der Waals surface area (Å²) < 4.78 is 21.6. The fourth-order valence-corrected chi connectivity index (χ4v) is 2.86. The Morgan fingerprint density at radius 1 is 1.00 bits per heavy atom. The van der Waals surface area contributed by atoms with Crippen LogP contribution in [0.5, 0.6) is 17.2 Å². The van der Waals surface area contributed by atoms with Crippen molar-refractivity contribution in [1.29, 1.82) is 0 Å². The van der Waals surface area contributed by atoms with Crippen LogP contribution in [0.2, 0.25) is 0 Å². The van der Waals surface area contributed by atoms with E-state index in [0.29, 0.717) is 40.8 Å². The molecule has 0 atom stereocenters. The van der Waals surface area contributed by atoms with Crippen molar-refractivity contribution in [3.8, 4) is 28.6 Å². The van der Waals surface area contributed by atoms with Crippen LogP contribution in [0.15, 0.2) is 53.1 Å². The Morgan fingerprint density at radius 2 is 1.64 bits per heavy atom. The Bertz CT molecular complexity index is 927. The van der Waals surface area contributed by atoms with Crippen molar-refractivity contribution in [1.82, 2.24) is 10.1 Å². The van der Waals surface area contributed by atoms with Gasteiger partial charge in [0.25, 0.3) is 5.91 Å². The van der Waals surface area contributed by atoms with E-state index >= 15 is 0 Å². The highest BCUT2D eigenvalue weighted by molar-refractivity contribution is 5.93. The molecule has 1 amide bonds. The lowest BCUT2D eigenvalue weighted by atomic mass is 10.1. The molecule has 0 aliphatic carbocycles. The van der Waals surface area contributed by atoms with Gasteiger partial charge in [-0.1, -0.05) is 23.4 Å². The van der Waals surface area contributed by atoms with E-state index in [-0.39, 0.29) is 5.91 Å². The molecule has 1 heterocycles. The van der Waals surface area contributed by atoms with Gasteiger partial charge >= 0.3 is 0 Å². The van der Waals surface area contributed by atoms with Crippen molar-refractivity contribution in [2.45, 2.75) is 6.54 Å². The molecule has 0 bridgehead atoms. The number of aromatic nitrogens is 1. The lowest BCUT2D eigenvalue weighted by Crippen LogP contribution is -2.26. The molecule has 1 aromatic heterocycles. The molecule has 0 unspecified atom stereocenters. The SMILES string of the molecule is COc1cc(-c2cc(CN(C)C(=O)c3ccccc3)no2)cc(OC)c1OC. The second-order valence-corrected chi connectivity index (χ2v) is 6.12. The van der Waals surface area contributed by atoms with Crippen LogP contribution >= 0.6 is 0 Å². The lowest BCUT2D eigenvalue weighted by Gasteiger charge is -2.15. The zero-order valence-corrected chi connectivity index (χ0v) is 16.3. The molecule has 0 N–H and O–H groups in total. The highest BCUT2D eigenvalue weighted by Crippen LogP contribution is 2.41. The third-order valence-electron chi connectivity index (χ3n) is 4.27. The molecular formula is C21H22N2O5. The average Bonchev–Trinajstić information content (AvgIpc) is 3.21. The van der Waals surface area contributed by atoms with Crippen molar-refractivity contribution < 1.29 is 23.5 Å². The Morgan fingerprint density at radius 3 is 2.21 bits per heavy atom. The van der Waals surface area contributed by atoms with Crippen LogP contribution in [-0.4, -0.2) is 44.3 Å². The van der Waals surface area contributed by atoms with Gasteiger partial charge in [0.2, 0.25) is 5.75 Å². The molecule has 0 spiro atoms. The molecule has 0 radical (unpaired) electrons. The van der Waals surface area contributed by atoms with Crippen LogP contribution in [0.25, 0.3) is 11.3 Å². The molecule has 0 aliphatic heterocycles. The van der Waals surface area contributed by atoms with E-state index in [4.69, 9.17) is 18.7 Å².